The minimum absolute atomic E-state index is 0. The maximum Gasteiger partial charge on any atom is 0.191 e. The molecule has 2 aliphatic heterocycles. The van der Waals surface area contributed by atoms with Gasteiger partial charge in [0.2, 0.25) is 0 Å². The topological polar surface area (TPSA) is 52.1 Å². The van der Waals surface area contributed by atoms with Crippen LogP contribution in [0.5, 0.6) is 0 Å². The first-order valence-corrected chi connectivity index (χ1v) is 11.1. The molecule has 6 nitrogen and oxygen atoms in total. The minimum atomic E-state index is 0. The Kier molecular flexibility index (Phi) is 9.27. The number of hydrogen-bond acceptors (Lipinski definition) is 4. The maximum absolute atomic E-state index is 5.44. The Morgan fingerprint density at radius 2 is 1.68 bits per heavy atom. The van der Waals surface area contributed by atoms with Crippen molar-refractivity contribution in [2.75, 3.05) is 55.7 Å². The molecule has 0 amide bonds. The van der Waals surface area contributed by atoms with Crippen LogP contribution in [0.2, 0.25) is 0 Å². The molecule has 0 aliphatic carbocycles. The molecule has 2 aromatic rings. The van der Waals surface area contributed by atoms with Gasteiger partial charge in [0.1, 0.15) is 0 Å². The zero-order valence-corrected chi connectivity index (χ0v) is 20.6. The number of benzene rings is 2. The SMILES string of the molecule is CCNC(=NCc1ccc(N2CCOCC2)cc1)NC1CCN(c2ccccc2)C1.I. The molecule has 2 N–H and O–H groups in total. The van der Waals surface area contributed by atoms with Crippen LogP contribution in [0.15, 0.2) is 59.6 Å². The molecule has 2 heterocycles. The van der Waals surface area contributed by atoms with Crippen molar-refractivity contribution in [2.24, 2.45) is 4.99 Å². The van der Waals surface area contributed by atoms with Crippen LogP contribution < -0.4 is 20.4 Å². The molecular weight excluding hydrogens is 501 g/mol. The van der Waals surface area contributed by atoms with E-state index in [-0.39, 0.29) is 24.0 Å². The van der Waals surface area contributed by atoms with Gasteiger partial charge in [0.15, 0.2) is 5.96 Å². The zero-order valence-electron chi connectivity index (χ0n) is 18.3. The van der Waals surface area contributed by atoms with Crippen LogP contribution in [0.25, 0.3) is 0 Å². The summed E-state index contributed by atoms with van der Waals surface area (Å²) in [6.07, 6.45) is 1.12. The van der Waals surface area contributed by atoms with Crippen molar-refractivity contribution in [3.05, 3.63) is 60.2 Å². The lowest BCUT2D eigenvalue weighted by atomic mass is 10.2. The number of rotatable bonds is 6. The lowest BCUT2D eigenvalue weighted by Gasteiger charge is -2.28. The Morgan fingerprint density at radius 1 is 0.968 bits per heavy atom. The third-order valence-corrected chi connectivity index (χ3v) is 5.73. The molecule has 2 fully saturated rings. The van der Waals surface area contributed by atoms with Gasteiger partial charge in [0, 0.05) is 50.1 Å². The molecule has 4 rings (SSSR count). The van der Waals surface area contributed by atoms with Gasteiger partial charge in [-0.25, -0.2) is 4.99 Å². The fraction of sp³-hybridized carbons (Fsp3) is 0.458. The standard InChI is InChI=1S/C24H33N5O.HI/c1-2-25-24(27-21-12-13-29(19-21)22-6-4-3-5-7-22)26-18-20-8-10-23(11-9-20)28-14-16-30-17-15-28;/h3-11,21H,2,12-19H2,1H3,(H2,25,26,27);1H. The molecule has 2 saturated heterocycles. The Labute approximate surface area is 203 Å². The fourth-order valence-corrected chi connectivity index (χ4v) is 4.07. The van der Waals surface area contributed by atoms with E-state index in [4.69, 9.17) is 9.73 Å². The summed E-state index contributed by atoms with van der Waals surface area (Å²) in [6.45, 7) is 9.27. The lowest BCUT2D eigenvalue weighted by molar-refractivity contribution is 0.122. The highest BCUT2D eigenvalue weighted by Crippen LogP contribution is 2.20. The van der Waals surface area contributed by atoms with Crippen molar-refractivity contribution < 1.29 is 4.74 Å². The number of aliphatic imine (C=N–C) groups is 1. The number of halogens is 1. The second-order valence-electron chi connectivity index (χ2n) is 7.87. The van der Waals surface area contributed by atoms with Crippen LogP contribution in [0.1, 0.15) is 18.9 Å². The Morgan fingerprint density at radius 3 is 2.39 bits per heavy atom. The summed E-state index contributed by atoms with van der Waals surface area (Å²) in [4.78, 5) is 9.64. The van der Waals surface area contributed by atoms with E-state index in [0.717, 1.165) is 58.3 Å². The minimum Gasteiger partial charge on any atom is -0.378 e. The fourth-order valence-electron chi connectivity index (χ4n) is 4.07. The van der Waals surface area contributed by atoms with Gasteiger partial charge in [0.25, 0.3) is 0 Å². The molecule has 2 aromatic carbocycles. The normalized spacial score (nSPS) is 19.1. The van der Waals surface area contributed by atoms with Crippen LogP contribution in [0.4, 0.5) is 11.4 Å². The molecule has 0 radical (unpaired) electrons. The number of para-hydroxylation sites is 1. The first-order valence-electron chi connectivity index (χ1n) is 11.1. The molecular formula is C24H34IN5O. The first-order chi connectivity index (χ1) is 14.8. The van der Waals surface area contributed by atoms with Crippen LogP contribution in [0.3, 0.4) is 0 Å². The average Bonchev–Trinajstić information content (AvgIpc) is 3.28. The number of nitrogens with one attached hydrogen (secondary N) is 2. The largest absolute Gasteiger partial charge is 0.378 e. The Hall–Kier alpha value is -2.00. The highest BCUT2D eigenvalue weighted by molar-refractivity contribution is 14.0. The van der Waals surface area contributed by atoms with Gasteiger partial charge in [-0.3, -0.25) is 0 Å². The molecule has 31 heavy (non-hydrogen) atoms. The van der Waals surface area contributed by atoms with Gasteiger partial charge in [-0.1, -0.05) is 30.3 Å². The van der Waals surface area contributed by atoms with Crippen LogP contribution in [-0.4, -0.2) is 57.9 Å². The van der Waals surface area contributed by atoms with Gasteiger partial charge >= 0.3 is 0 Å². The second kappa shape index (κ2) is 12.1. The van der Waals surface area contributed by atoms with E-state index in [0.29, 0.717) is 12.6 Å². The van der Waals surface area contributed by atoms with Gasteiger partial charge in [-0.2, -0.15) is 0 Å². The molecule has 0 aromatic heterocycles. The third kappa shape index (κ3) is 6.74. The average molecular weight is 535 g/mol. The number of ether oxygens (including phenoxy) is 1. The summed E-state index contributed by atoms with van der Waals surface area (Å²) < 4.78 is 5.44. The molecule has 0 spiro atoms. The molecule has 0 bridgehead atoms. The van der Waals surface area contributed by atoms with Crippen molar-refractivity contribution in [3.8, 4) is 0 Å². The van der Waals surface area contributed by atoms with Crippen LogP contribution >= 0.6 is 24.0 Å². The summed E-state index contributed by atoms with van der Waals surface area (Å²) >= 11 is 0. The van der Waals surface area contributed by atoms with E-state index in [9.17, 15) is 0 Å². The third-order valence-electron chi connectivity index (χ3n) is 5.73. The molecule has 0 saturated carbocycles. The highest BCUT2D eigenvalue weighted by atomic mass is 127. The summed E-state index contributed by atoms with van der Waals surface area (Å²) in [5.41, 5.74) is 3.79. The van der Waals surface area contributed by atoms with Crippen molar-refractivity contribution in [3.63, 3.8) is 0 Å². The first kappa shape index (κ1) is 23.7. The Balaban J connectivity index is 0.00000272. The van der Waals surface area contributed by atoms with E-state index in [2.05, 4.69) is 82.0 Å². The molecule has 7 heteroatoms. The van der Waals surface area contributed by atoms with E-state index in [1.165, 1.54) is 16.9 Å². The van der Waals surface area contributed by atoms with Crippen LogP contribution in [0, 0.1) is 0 Å². The number of guanidine groups is 1. The van der Waals surface area contributed by atoms with Gasteiger partial charge in [0.05, 0.1) is 19.8 Å². The Bertz CT molecular complexity index is 808. The molecule has 2 aliphatic rings. The monoisotopic (exact) mass is 535 g/mol. The van der Waals surface area contributed by atoms with Crippen LogP contribution in [-0.2, 0) is 11.3 Å². The zero-order chi connectivity index (χ0) is 20.6. The quantitative estimate of drug-likeness (QED) is 0.337. The van der Waals surface area contributed by atoms with Gasteiger partial charge in [-0.15, -0.1) is 24.0 Å². The number of hydrogen-bond donors (Lipinski definition) is 2. The van der Waals surface area contributed by atoms with Crippen molar-refractivity contribution in [1.82, 2.24) is 10.6 Å². The second-order valence-corrected chi connectivity index (χ2v) is 7.87. The summed E-state index contributed by atoms with van der Waals surface area (Å²) in [5, 5.41) is 7.02. The van der Waals surface area contributed by atoms with E-state index >= 15 is 0 Å². The predicted octanol–water partition coefficient (Wildman–Crippen LogP) is 3.48. The molecule has 1 atom stereocenters. The molecule has 168 valence electrons. The maximum atomic E-state index is 5.44. The summed E-state index contributed by atoms with van der Waals surface area (Å²) in [5.74, 6) is 0.898. The number of anilines is 2. The summed E-state index contributed by atoms with van der Waals surface area (Å²) in [7, 11) is 0. The smallest absolute Gasteiger partial charge is 0.191 e. The van der Waals surface area contributed by atoms with Gasteiger partial charge < -0.3 is 25.2 Å². The van der Waals surface area contributed by atoms with Crippen molar-refractivity contribution >= 4 is 41.3 Å². The van der Waals surface area contributed by atoms with Crippen molar-refractivity contribution in [1.29, 1.82) is 0 Å². The van der Waals surface area contributed by atoms with Crippen molar-refractivity contribution in [2.45, 2.75) is 25.9 Å². The molecule has 1 unspecified atom stereocenters. The number of morpholine rings is 1. The van der Waals surface area contributed by atoms with Gasteiger partial charge in [-0.05, 0) is 43.2 Å². The summed E-state index contributed by atoms with van der Waals surface area (Å²) in [6, 6.07) is 19.8. The van der Waals surface area contributed by atoms with E-state index in [1.54, 1.807) is 0 Å². The predicted molar refractivity (Wildman–Crippen MR) is 140 cm³/mol. The highest BCUT2D eigenvalue weighted by Gasteiger charge is 2.23. The lowest BCUT2D eigenvalue weighted by Crippen LogP contribution is -2.44. The van der Waals surface area contributed by atoms with E-state index in [1.807, 2.05) is 0 Å². The van der Waals surface area contributed by atoms with E-state index < -0.39 is 0 Å². The number of nitrogens with zero attached hydrogens (tertiary/aromatic N) is 3.